The molecule has 2 fully saturated rings. The van der Waals surface area contributed by atoms with E-state index in [-0.39, 0.29) is 17.8 Å². The van der Waals surface area contributed by atoms with Gasteiger partial charge in [-0.2, -0.15) is 0 Å². The average Bonchev–Trinajstić information content (AvgIpc) is 3.03. The van der Waals surface area contributed by atoms with Gasteiger partial charge in [0.1, 0.15) is 0 Å². The van der Waals surface area contributed by atoms with Crippen LogP contribution in [0.25, 0.3) is 11.0 Å². The van der Waals surface area contributed by atoms with Crippen LogP contribution in [-0.4, -0.2) is 64.8 Å². The van der Waals surface area contributed by atoms with E-state index in [1.807, 2.05) is 28.8 Å². The topological polar surface area (TPSA) is 70.6 Å². The number of imidazole rings is 1. The summed E-state index contributed by atoms with van der Waals surface area (Å²) >= 11 is 0. The van der Waals surface area contributed by atoms with E-state index in [2.05, 4.69) is 9.88 Å². The van der Waals surface area contributed by atoms with Crippen LogP contribution in [-0.2, 0) is 4.74 Å². The Morgan fingerprint density at radius 1 is 1.04 bits per heavy atom. The van der Waals surface area contributed by atoms with Gasteiger partial charge in [0.05, 0.1) is 18.1 Å². The lowest BCUT2D eigenvalue weighted by Gasteiger charge is -2.41. The normalized spacial score (nSPS) is 20.6. The van der Waals surface area contributed by atoms with Crippen LogP contribution in [0.2, 0.25) is 0 Å². The summed E-state index contributed by atoms with van der Waals surface area (Å²) in [5.41, 5.74) is 1.91. The fraction of sp³-hybridized carbons (Fsp3) is 0.579. The largest absolute Gasteiger partial charge is 0.453 e. The van der Waals surface area contributed by atoms with E-state index in [0.717, 1.165) is 62.9 Å². The van der Waals surface area contributed by atoms with E-state index < -0.39 is 0 Å². The van der Waals surface area contributed by atoms with Crippen molar-refractivity contribution in [2.45, 2.75) is 37.8 Å². The predicted octanol–water partition coefficient (Wildman–Crippen LogP) is 2.20. The van der Waals surface area contributed by atoms with Crippen molar-refractivity contribution < 1.29 is 9.53 Å². The van der Waals surface area contributed by atoms with Crippen LogP contribution < -0.4 is 5.69 Å². The van der Waals surface area contributed by atoms with Crippen LogP contribution in [0.1, 0.15) is 31.7 Å². The highest BCUT2D eigenvalue weighted by Gasteiger charge is 2.31. The second-order valence-corrected chi connectivity index (χ2v) is 7.27. The van der Waals surface area contributed by atoms with Crippen LogP contribution in [0, 0.1) is 0 Å². The highest BCUT2D eigenvalue weighted by Crippen LogP contribution is 2.28. The van der Waals surface area contributed by atoms with E-state index in [9.17, 15) is 9.59 Å². The molecule has 7 nitrogen and oxygen atoms in total. The Hall–Kier alpha value is -2.28. The number of amides is 1. The number of para-hydroxylation sites is 2. The molecule has 2 aliphatic rings. The monoisotopic (exact) mass is 358 g/mol. The molecule has 0 spiro atoms. The molecule has 1 amide bonds. The van der Waals surface area contributed by atoms with E-state index in [1.54, 1.807) is 4.90 Å². The zero-order valence-electron chi connectivity index (χ0n) is 15.2. The lowest BCUT2D eigenvalue weighted by atomic mass is 9.97. The third-order valence-corrected chi connectivity index (χ3v) is 5.90. The molecule has 0 radical (unpaired) electrons. The molecule has 4 rings (SSSR count). The van der Waals surface area contributed by atoms with Crippen LogP contribution in [0.15, 0.2) is 29.1 Å². The summed E-state index contributed by atoms with van der Waals surface area (Å²) in [5, 5.41) is 0. The number of methoxy groups -OCH3 is 1. The summed E-state index contributed by atoms with van der Waals surface area (Å²) in [4.78, 5) is 31.3. The number of hydrogen-bond donors (Lipinski definition) is 1. The van der Waals surface area contributed by atoms with Crippen molar-refractivity contribution in [2.75, 3.05) is 33.3 Å². The fourth-order valence-corrected chi connectivity index (χ4v) is 4.49. The van der Waals surface area contributed by atoms with Crippen LogP contribution in [0.3, 0.4) is 0 Å². The van der Waals surface area contributed by atoms with Gasteiger partial charge in [-0.1, -0.05) is 12.1 Å². The number of aromatic amines is 1. The van der Waals surface area contributed by atoms with Crippen LogP contribution in [0.4, 0.5) is 4.79 Å². The first-order chi connectivity index (χ1) is 12.7. The molecule has 2 saturated heterocycles. The van der Waals surface area contributed by atoms with Crippen molar-refractivity contribution in [3.63, 3.8) is 0 Å². The predicted molar refractivity (Wildman–Crippen MR) is 99.4 cm³/mol. The molecule has 1 aromatic carbocycles. The lowest BCUT2D eigenvalue weighted by molar-refractivity contribution is 0.0686. The Morgan fingerprint density at radius 3 is 2.38 bits per heavy atom. The number of aromatic nitrogens is 2. The van der Waals surface area contributed by atoms with Gasteiger partial charge in [-0.15, -0.1) is 0 Å². The molecule has 0 aliphatic carbocycles. The molecule has 0 bridgehead atoms. The standard InChI is InChI=1S/C19H26N4O3/c1-26-19(25)22-12-6-14(7-13-22)21-10-8-15(9-11-21)23-17-5-3-2-4-16(17)20-18(23)24/h2-5,14-15H,6-13H2,1H3,(H,20,24). The summed E-state index contributed by atoms with van der Waals surface area (Å²) in [6, 6.07) is 8.68. The van der Waals surface area contributed by atoms with E-state index in [4.69, 9.17) is 4.74 Å². The number of piperidine rings is 2. The summed E-state index contributed by atoms with van der Waals surface area (Å²) in [7, 11) is 1.44. The molecule has 2 aliphatic heterocycles. The van der Waals surface area contributed by atoms with Gasteiger partial charge in [-0.25, -0.2) is 9.59 Å². The number of likely N-dealkylation sites (tertiary alicyclic amines) is 2. The SMILES string of the molecule is COC(=O)N1CCC(N2CCC(n3c(=O)[nH]c4ccccc43)CC2)CC1. The Kier molecular flexibility index (Phi) is 4.72. The summed E-state index contributed by atoms with van der Waals surface area (Å²) in [6.45, 7) is 3.53. The number of nitrogens with one attached hydrogen (secondary N) is 1. The molecular formula is C19H26N4O3. The first kappa shape index (κ1) is 17.1. The molecule has 0 unspecified atom stereocenters. The minimum atomic E-state index is -0.221. The van der Waals surface area contributed by atoms with Gasteiger partial charge in [0.15, 0.2) is 0 Å². The maximum atomic E-state index is 12.4. The Labute approximate surface area is 152 Å². The first-order valence-corrected chi connectivity index (χ1v) is 9.43. The van der Waals surface area contributed by atoms with Gasteiger partial charge < -0.3 is 19.5 Å². The third kappa shape index (κ3) is 3.11. The van der Waals surface area contributed by atoms with Gasteiger partial charge in [-0.05, 0) is 37.8 Å². The summed E-state index contributed by atoms with van der Waals surface area (Å²) < 4.78 is 6.75. The highest BCUT2D eigenvalue weighted by atomic mass is 16.5. The number of carbonyl (C=O) groups is 1. The molecule has 1 N–H and O–H groups in total. The van der Waals surface area contributed by atoms with E-state index >= 15 is 0 Å². The van der Waals surface area contributed by atoms with Crippen LogP contribution >= 0.6 is 0 Å². The fourth-order valence-electron chi connectivity index (χ4n) is 4.49. The maximum absolute atomic E-state index is 12.4. The number of ether oxygens (including phenoxy) is 1. The highest BCUT2D eigenvalue weighted by molar-refractivity contribution is 5.75. The molecular weight excluding hydrogens is 332 g/mol. The Morgan fingerprint density at radius 2 is 1.69 bits per heavy atom. The van der Waals surface area contributed by atoms with Crippen molar-refractivity contribution in [2.24, 2.45) is 0 Å². The number of hydrogen-bond acceptors (Lipinski definition) is 4. The molecule has 140 valence electrons. The summed E-state index contributed by atoms with van der Waals surface area (Å²) in [5.74, 6) is 0. The van der Waals surface area contributed by atoms with Crippen molar-refractivity contribution >= 4 is 17.1 Å². The number of benzene rings is 1. The first-order valence-electron chi connectivity index (χ1n) is 9.43. The number of fused-ring (bicyclic) bond motifs is 1. The van der Waals surface area contributed by atoms with Crippen molar-refractivity contribution in [3.8, 4) is 0 Å². The molecule has 0 saturated carbocycles. The van der Waals surface area contributed by atoms with Gasteiger partial charge in [0, 0.05) is 38.3 Å². The van der Waals surface area contributed by atoms with Crippen molar-refractivity contribution in [1.29, 1.82) is 0 Å². The van der Waals surface area contributed by atoms with Crippen molar-refractivity contribution in [1.82, 2.24) is 19.4 Å². The molecule has 2 aromatic rings. The second kappa shape index (κ2) is 7.15. The van der Waals surface area contributed by atoms with Gasteiger partial charge in [0.25, 0.3) is 0 Å². The Bertz CT molecular complexity index is 827. The molecule has 26 heavy (non-hydrogen) atoms. The maximum Gasteiger partial charge on any atom is 0.409 e. The average molecular weight is 358 g/mol. The molecule has 1 aromatic heterocycles. The molecule has 7 heteroatoms. The smallest absolute Gasteiger partial charge is 0.409 e. The molecule has 0 atom stereocenters. The van der Waals surface area contributed by atoms with E-state index in [0.29, 0.717) is 6.04 Å². The van der Waals surface area contributed by atoms with Crippen LogP contribution in [0.5, 0.6) is 0 Å². The van der Waals surface area contributed by atoms with Crippen molar-refractivity contribution in [3.05, 3.63) is 34.7 Å². The minimum absolute atomic E-state index is 0.00367. The zero-order chi connectivity index (χ0) is 18.1. The number of H-pyrrole nitrogens is 1. The quantitative estimate of drug-likeness (QED) is 0.893. The van der Waals surface area contributed by atoms with E-state index in [1.165, 1.54) is 7.11 Å². The van der Waals surface area contributed by atoms with Gasteiger partial charge in [0.2, 0.25) is 0 Å². The number of carbonyl (C=O) groups excluding carboxylic acids is 1. The third-order valence-electron chi connectivity index (χ3n) is 5.90. The minimum Gasteiger partial charge on any atom is -0.453 e. The zero-order valence-corrected chi connectivity index (χ0v) is 15.2. The number of nitrogens with zero attached hydrogens (tertiary/aromatic N) is 3. The van der Waals surface area contributed by atoms with Gasteiger partial charge in [-0.3, -0.25) is 4.57 Å². The molecule has 3 heterocycles. The second-order valence-electron chi connectivity index (χ2n) is 7.27. The van der Waals surface area contributed by atoms with Gasteiger partial charge >= 0.3 is 11.8 Å². The Balaban J connectivity index is 1.38. The lowest BCUT2D eigenvalue weighted by Crippen LogP contribution is -2.49. The number of rotatable bonds is 2. The summed E-state index contributed by atoms with van der Waals surface area (Å²) in [6.07, 6.45) is 3.73.